The highest BCUT2D eigenvalue weighted by molar-refractivity contribution is 7.89. The molecule has 1 amide bonds. The van der Waals surface area contributed by atoms with Gasteiger partial charge in [-0.2, -0.15) is 4.31 Å². The maximum absolute atomic E-state index is 13.4. The Labute approximate surface area is 172 Å². The Balaban J connectivity index is 1.51. The molecule has 1 aliphatic heterocycles. The van der Waals surface area contributed by atoms with Crippen LogP contribution >= 0.6 is 11.6 Å². The Hall–Kier alpha value is -2.23. The smallest absolute Gasteiger partial charge is 0.243 e. The minimum absolute atomic E-state index is 0.0716. The SMILES string of the molecule is O=C(CCOc1cccc(Cl)c1)N1CCN(S(=O)(=O)c2ccc(F)c(F)c2)CC1. The molecule has 0 aliphatic carbocycles. The third-order valence-corrected chi connectivity index (χ3v) is 6.63. The van der Waals surface area contributed by atoms with E-state index in [-0.39, 0.29) is 50.0 Å². The number of carbonyl (C=O) groups excluding carboxylic acids is 1. The van der Waals surface area contributed by atoms with Crippen LogP contribution in [0, 0.1) is 11.6 Å². The molecule has 0 spiro atoms. The maximum Gasteiger partial charge on any atom is 0.243 e. The van der Waals surface area contributed by atoms with Crippen molar-refractivity contribution in [3.8, 4) is 5.75 Å². The summed E-state index contributed by atoms with van der Waals surface area (Å²) >= 11 is 5.87. The molecule has 0 saturated carbocycles. The Bertz CT molecular complexity index is 995. The molecule has 0 unspecified atom stereocenters. The van der Waals surface area contributed by atoms with E-state index < -0.39 is 21.7 Å². The standard InChI is InChI=1S/C19H19ClF2N2O4S/c20-14-2-1-3-15(12-14)28-11-6-19(25)23-7-9-24(10-8-23)29(26,27)16-4-5-17(21)18(22)13-16/h1-5,12-13H,6-11H2. The Morgan fingerprint density at radius 2 is 1.76 bits per heavy atom. The monoisotopic (exact) mass is 444 g/mol. The van der Waals surface area contributed by atoms with Gasteiger partial charge in [0, 0.05) is 31.2 Å². The minimum Gasteiger partial charge on any atom is -0.493 e. The third kappa shape index (κ3) is 5.23. The van der Waals surface area contributed by atoms with E-state index >= 15 is 0 Å². The molecule has 0 N–H and O–H groups in total. The van der Waals surface area contributed by atoms with E-state index in [9.17, 15) is 22.0 Å². The largest absolute Gasteiger partial charge is 0.493 e. The second-order valence-corrected chi connectivity index (χ2v) is 8.79. The molecule has 29 heavy (non-hydrogen) atoms. The van der Waals surface area contributed by atoms with Gasteiger partial charge in [-0.3, -0.25) is 4.79 Å². The fourth-order valence-electron chi connectivity index (χ4n) is 2.94. The lowest BCUT2D eigenvalue weighted by molar-refractivity contribution is -0.132. The topological polar surface area (TPSA) is 66.9 Å². The summed E-state index contributed by atoms with van der Waals surface area (Å²) in [5.41, 5.74) is 0. The van der Waals surface area contributed by atoms with Gasteiger partial charge < -0.3 is 9.64 Å². The van der Waals surface area contributed by atoms with E-state index in [0.717, 1.165) is 16.4 Å². The minimum atomic E-state index is -3.96. The first-order valence-electron chi connectivity index (χ1n) is 8.89. The molecular weight excluding hydrogens is 426 g/mol. The van der Waals surface area contributed by atoms with Crippen LogP contribution in [0.4, 0.5) is 8.78 Å². The number of ether oxygens (including phenoxy) is 1. The summed E-state index contributed by atoms with van der Waals surface area (Å²) in [7, 11) is -3.96. The van der Waals surface area contributed by atoms with Crippen molar-refractivity contribution >= 4 is 27.5 Å². The lowest BCUT2D eigenvalue weighted by atomic mass is 10.3. The number of hydrogen-bond acceptors (Lipinski definition) is 4. The zero-order valence-corrected chi connectivity index (χ0v) is 16.9. The van der Waals surface area contributed by atoms with Crippen molar-refractivity contribution in [2.45, 2.75) is 11.3 Å². The third-order valence-electron chi connectivity index (χ3n) is 4.50. The number of hydrogen-bond donors (Lipinski definition) is 0. The lowest BCUT2D eigenvalue weighted by Gasteiger charge is -2.34. The highest BCUT2D eigenvalue weighted by Gasteiger charge is 2.30. The molecule has 1 fully saturated rings. The molecule has 0 radical (unpaired) electrons. The molecule has 2 aromatic rings. The summed E-state index contributed by atoms with van der Waals surface area (Å²) in [5.74, 6) is -1.93. The second kappa shape index (κ2) is 9.06. The lowest BCUT2D eigenvalue weighted by Crippen LogP contribution is -2.50. The average molecular weight is 445 g/mol. The molecule has 156 valence electrons. The van der Waals surface area contributed by atoms with Gasteiger partial charge in [0.05, 0.1) is 17.9 Å². The number of carbonyl (C=O) groups is 1. The van der Waals surface area contributed by atoms with Crippen molar-refractivity contribution in [2.75, 3.05) is 32.8 Å². The number of nitrogens with zero attached hydrogens (tertiary/aromatic N) is 2. The normalized spacial score (nSPS) is 15.3. The fraction of sp³-hybridized carbons (Fsp3) is 0.316. The number of rotatable bonds is 6. The summed E-state index contributed by atoms with van der Waals surface area (Å²) in [6.07, 6.45) is 0.141. The van der Waals surface area contributed by atoms with E-state index in [1.165, 1.54) is 0 Å². The predicted octanol–water partition coefficient (Wildman–Crippen LogP) is 2.92. The van der Waals surface area contributed by atoms with E-state index in [0.29, 0.717) is 16.8 Å². The van der Waals surface area contributed by atoms with E-state index in [1.807, 2.05) is 0 Å². The first kappa shape index (κ1) is 21.5. The van der Waals surface area contributed by atoms with Gasteiger partial charge in [-0.05, 0) is 36.4 Å². The van der Waals surface area contributed by atoms with E-state index in [4.69, 9.17) is 16.3 Å². The summed E-state index contributed by atoms with van der Waals surface area (Å²) in [6.45, 7) is 0.731. The maximum atomic E-state index is 13.4. The van der Waals surface area contributed by atoms with Gasteiger partial charge >= 0.3 is 0 Å². The van der Waals surface area contributed by atoms with Crippen LogP contribution in [0.3, 0.4) is 0 Å². The molecular formula is C19H19ClF2N2O4S. The molecule has 6 nitrogen and oxygen atoms in total. The molecule has 3 rings (SSSR count). The Morgan fingerprint density at radius 3 is 2.41 bits per heavy atom. The van der Waals surface area contributed by atoms with Crippen LogP contribution in [0.15, 0.2) is 47.4 Å². The van der Waals surface area contributed by atoms with Gasteiger partial charge in [0.15, 0.2) is 11.6 Å². The van der Waals surface area contributed by atoms with Crippen molar-refractivity contribution in [1.29, 1.82) is 0 Å². The first-order valence-corrected chi connectivity index (χ1v) is 10.7. The van der Waals surface area contributed by atoms with Crippen molar-refractivity contribution in [3.05, 3.63) is 59.1 Å². The molecule has 2 aromatic carbocycles. The van der Waals surface area contributed by atoms with Crippen molar-refractivity contribution in [1.82, 2.24) is 9.21 Å². The quantitative estimate of drug-likeness (QED) is 0.687. The van der Waals surface area contributed by atoms with Crippen LogP contribution in [0.25, 0.3) is 0 Å². The summed E-state index contributed by atoms with van der Waals surface area (Å²) in [4.78, 5) is 13.6. The molecule has 1 aliphatic rings. The average Bonchev–Trinajstić information content (AvgIpc) is 2.70. The zero-order valence-electron chi connectivity index (χ0n) is 15.4. The number of amides is 1. The molecule has 10 heteroatoms. The molecule has 0 bridgehead atoms. The van der Waals surface area contributed by atoms with Gasteiger partial charge in [0.25, 0.3) is 0 Å². The van der Waals surface area contributed by atoms with Gasteiger partial charge in [0.1, 0.15) is 5.75 Å². The Morgan fingerprint density at radius 1 is 1.03 bits per heavy atom. The van der Waals surface area contributed by atoms with Crippen molar-refractivity contribution in [2.24, 2.45) is 0 Å². The van der Waals surface area contributed by atoms with Crippen LogP contribution < -0.4 is 4.74 Å². The molecule has 1 saturated heterocycles. The summed E-state index contributed by atoms with van der Waals surface area (Å²) < 4.78 is 58.3. The summed E-state index contributed by atoms with van der Waals surface area (Å²) in [6, 6.07) is 9.31. The van der Waals surface area contributed by atoms with Gasteiger partial charge in [-0.15, -0.1) is 0 Å². The van der Waals surface area contributed by atoms with Crippen LogP contribution in [0.1, 0.15) is 6.42 Å². The van der Waals surface area contributed by atoms with Gasteiger partial charge in [0.2, 0.25) is 15.9 Å². The number of benzene rings is 2. The van der Waals surface area contributed by atoms with Gasteiger partial charge in [-0.1, -0.05) is 17.7 Å². The highest BCUT2D eigenvalue weighted by atomic mass is 35.5. The molecule has 0 atom stereocenters. The number of halogens is 3. The predicted molar refractivity (Wildman–Crippen MR) is 103 cm³/mol. The van der Waals surface area contributed by atoms with E-state index in [1.54, 1.807) is 29.2 Å². The number of piperazine rings is 1. The molecule has 0 aromatic heterocycles. The number of sulfonamides is 1. The first-order chi connectivity index (χ1) is 13.8. The van der Waals surface area contributed by atoms with Crippen LogP contribution in [-0.2, 0) is 14.8 Å². The van der Waals surface area contributed by atoms with Crippen LogP contribution in [0.2, 0.25) is 5.02 Å². The van der Waals surface area contributed by atoms with Crippen molar-refractivity contribution < 1.29 is 26.7 Å². The van der Waals surface area contributed by atoms with Crippen molar-refractivity contribution in [3.63, 3.8) is 0 Å². The molecule has 1 heterocycles. The zero-order chi connectivity index (χ0) is 21.0. The highest BCUT2D eigenvalue weighted by Crippen LogP contribution is 2.20. The van der Waals surface area contributed by atoms with E-state index in [2.05, 4.69) is 0 Å². The summed E-state index contributed by atoms with van der Waals surface area (Å²) in [5, 5.41) is 0.534. The van der Waals surface area contributed by atoms with Crippen LogP contribution in [-0.4, -0.2) is 56.3 Å². The van der Waals surface area contributed by atoms with Crippen LogP contribution in [0.5, 0.6) is 5.75 Å². The fourth-order valence-corrected chi connectivity index (χ4v) is 4.55. The van der Waals surface area contributed by atoms with Gasteiger partial charge in [-0.25, -0.2) is 17.2 Å². The Kier molecular flexibility index (Phi) is 6.71. The second-order valence-electron chi connectivity index (χ2n) is 6.42.